The van der Waals surface area contributed by atoms with E-state index in [1.807, 2.05) is 0 Å². The zero-order chi connectivity index (χ0) is 21.1. The van der Waals surface area contributed by atoms with Gasteiger partial charge in [-0.1, -0.05) is 23.7 Å². The van der Waals surface area contributed by atoms with Crippen LogP contribution in [-0.4, -0.2) is 16.9 Å². The smallest absolute Gasteiger partial charge is 0.324 e. The maximum Gasteiger partial charge on any atom is 0.418 e. The molecule has 0 radical (unpaired) electrons. The molecule has 0 aromatic heterocycles. The van der Waals surface area contributed by atoms with Gasteiger partial charge < -0.3 is 5.32 Å². The van der Waals surface area contributed by atoms with Crippen molar-refractivity contribution in [2.24, 2.45) is 0 Å². The SMILES string of the molecule is C[C@H](N[C@H](C)c1ccc(Cl)cc1)C(=O)Nc1ccc([N+](=O)[O-])cc1C(F)(F)F. The lowest BCUT2D eigenvalue weighted by Crippen LogP contribution is -2.39. The summed E-state index contributed by atoms with van der Waals surface area (Å²) in [5.41, 5.74) is -1.70. The highest BCUT2D eigenvalue weighted by molar-refractivity contribution is 6.30. The molecular formula is C18H17ClF3N3O3. The summed E-state index contributed by atoms with van der Waals surface area (Å²) in [7, 11) is 0. The van der Waals surface area contributed by atoms with Crippen LogP contribution in [0.25, 0.3) is 0 Å². The second-order valence-electron chi connectivity index (χ2n) is 6.14. The quantitative estimate of drug-likeness (QED) is 0.516. The van der Waals surface area contributed by atoms with Crippen LogP contribution in [0, 0.1) is 10.1 Å². The maximum absolute atomic E-state index is 13.2. The molecule has 0 aliphatic heterocycles. The number of carbonyl (C=O) groups excluding carboxylic acids is 1. The number of non-ortho nitro benzene ring substituents is 1. The summed E-state index contributed by atoms with van der Waals surface area (Å²) < 4.78 is 39.6. The van der Waals surface area contributed by atoms with Gasteiger partial charge in [0.1, 0.15) is 0 Å². The van der Waals surface area contributed by atoms with Crippen molar-refractivity contribution in [2.75, 3.05) is 5.32 Å². The number of halogens is 4. The van der Waals surface area contributed by atoms with E-state index in [1.165, 1.54) is 6.92 Å². The summed E-state index contributed by atoms with van der Waals surface area (Å²) in [5, 5.41) is 16.4. The molecule has 0 aliphatic carbocycles. The van der Waals surface area contributed by atoms with Crippen molar-refractivity contribution >= 4 is 28.9 Å². The number of hydrogen-bond donors (Lipinski definition) is 2. The predicted octanol–water partition coefficient (Wildman–Crippen LogP) is 4.94. The Morgan fingerprint density at radius 2 is 1.75 bits per heavy atom. The molecule has 0 heterocycles. The monoisotopic (exact) mass is 415 g/mol. The molecule has 2 rings (SSSR count). The molecule has 0 fully saturated rings. The normalized spacial score (nSPS) is 13.6. The van der Waals surface area contributed by atoms with Gasteiger partial charge in [0.25, 0.3) is 5.69 Å². The van der Waals surface area contributed by atoms with Gasteiger partial charge in [0.2, 0.25) is 5.91 Å². The van der Waals surface area contributed by atoms with Crippen molar-refractivity contribution in [3.63, 3.8) is 0 Å². The van der Waals surface area contributed by atoms with Gasteiger partial charge in [-0.25, -0.2) is 0 Å². The highest BCUT2D eigenvalue weighted by atomic mass is 35.5. The van der Waals surface area contributed by atoms with Crippen LogP contribution in [0.15, 0.2) is 42.5 Å². The van der Waals surface area contributed by atoms with Crippen molar-refractivity contribution in [2.45, 2.75) is 32.1 Å². The van der Waals surface area contributed by atoms with Crippen LogP contribution >= 0.6 is 11.6 Å². The van der Waals surface area contributed by atoms with Crippen LogP contribution in [0.2, 0.25) is 5.02 Å². The number of nitrogens with zero attached hydrogens (tertiary/aromatic N) is 1. The molecule has 1 amide bonds. The first-order chi connectivity index (χ1) is 13.0. The summed E-state index contributed by atoms with van der Waals surface area (Å²) in [6, 6.07) is 7.97. The van der Waals surface area contributed by atoms with E-state index in [0.29, 0.717) is 11.1 Å². The minimum absolute atomic E-state index is 0.267. The van der Waals surface area contributed by atoms with Gasteiger partial charge in [-0.15, -0.1) is 0 Å². The molecule has 2 N–H and O–H groups in total. The Bertz CT molecular complexity index is 873. The fourth-order valence-electron chi connectivity index (χ4n) is 2.53. The van der Waals surface area contributed by atoms with E-state index in [1.54, 1.807) is 31.2 Å². The number of anilines is 1. The number of alkyl halides is 3. The average Bonchev–Trinajstić information content (AvgIpc) is 2.61. The van der Waals surface area contributed by atoms with E-state index < -0.39 is 40.0 Å². The molecule has 6 nitrogen and oxygen atoms in total. The summed E-state index contributed by atoms with van der Waals surface area (Å²) in [5.74, 6) is -0.708. The Morgan fingerprint density at radius 1 is 1.14 bits per heavy atom. The Balaban J connectivity index is 2.15. The lowest BCUT2D eigenvalue weighted by Gasteiger charge is -2.21. The van der Waals surface area contributed by atoms with Gasteiger partial charge in [0.05, 0.1) is 22.2 Å². The minimum atomic E-state index is -4.86. The molecule has 2 aromatic carbocycles. The molecule has 0 spiro atoms. The lowest BCUT2D eigenvalue weighted by molar-refractivity contribution is -0.385. The second kappa shape index (κ2) is 8.57. The van der Waals surface area contributed by atoms with Crippen molar-refractivity contribution in [3.8, 4) is 0 Å². The van der Waals surface area contributed by atoms with E-state index >= 15 is 0 Å². The van der Waals surface area contributed by atoms with Crippen LogP contribution in [-0.2, 0) is 11.0 Å². The number of nitrogens with one attached hydrogen (secondary N) is 2. The topological polar surface area (TPSA) is 84.3 Å². The Kier molecular flexibility index (Phi) is 6.63. The second-order valence-corrected chi connectivity index (χ2v) is 6.57. The van der Waals surface area contributed by atoms with E-state index in [0.717, 1.165) is 17.7 Å². The standard InChI is InChI=1S/C18H17ClF3N3O3/c1-10(12-3-5-13(19)6-4-12)23-11(2)17(26)24-16-8-7-14(25(27)28)9-15(16)18(20,21)22/h3-11,23H,1-2H3,(H,24,26)/t10-,11+/m1/s1. The van der Waals surface area contributed by atoms with Gasteiger partial charge in [0.15, 0.2) is 0 Å². The molecule has 28 heavy (non-hydrogen) atoms. The first kappa shape index (κ1) is 21.6. The summed E-state index contributed by atoms with van der Waals surface area (Å²) in [6.07, 6.45) is -4.86. The maximum atomic E-state index is 13.2. The Morgan fingerprint density at radius 3 is 2.29 bits per heavy atom. The third kappa shape index (κ3) is 5.43. The predicted molar refractivity (Wildman–Crippen MR) is 99.2 cm³/mol. The number of hydrogen-bond acceptors (Lipinski definition) is 4. The molecule has 0 saturated carbocycles. The molecule has 0 bridgehead atoms. The third-order valence-electron chi connectivity index (χ3n) is 4.04. The van der Waals surface area contributed by atoms with Crippen LogP contribution in [0.5, 0.6) is 0 Å². The van der Waals surface area contributed by atoms with Crippen LogP contribution in [0.3, 0.4) is 0 Å². The fourth-order valence-corrected chi connectivity index (χ4v) is 2.65. The molecule has 0 aliphatic rings. The van der Waals surface area contributed by atoms with Gasteiger partial charge >= 0.3 is 6.18 Å². The van der Waals surface area contributed by atoms with Crippen molar-refractivity contribution in [1.29, 1.82) is 0 Å². The van der Waals surface area contributed by atoms with Crippen LogP contribution < -0.4 is 10.6 Å². The minimum Gasteiger partial charge on any atom is -0.324 e. The molecular weight excluding hydrogens is 399 g/mol. The zero-order valence-electron chi connectivity index (χ0n) is 14.9. The summed E-state index contributed by atoms with van der Waals surface area (Å²) in [4.78, 5) is 22.1. The average molecular weight is 416 g/mol. The van der Waals surface area contributed by atoms with Gasteiger partial charge in [0, 0.05) is 23.2 Å². The van der Waals surface area contributed by atoms with Crippen molar-refractivity contribution in [3.05, 3.63) is 68.7 Å². The number of carbonyl (C=O) groups is 1. The van der Waals surface area contributed by atoms with Crippen LogP contribution in [0.4, 0.5) is 24.5 Å². The number of nitro groups is 1. The Labute approximate surface area is 163 Å². The zero-order valence-corrected chi connectivity index (χ0v) is 15.6. The third-order valence-corrected chi connectivity index (χ3v) is 4.29. The highest BCUT2D eigenvalue weighted by Crippen LogP contribution is 2.37. The van der Waals surface area contributed by atoms with Crippen molar-refractivity contribution in [1.82, 2.24) is 5.32 Å². The number of benzene rings is 2. The van der Waals surface area contributed by atoms with E-state index in [4.69, 9.17) is 11.6 Å². The largest absolute Gasteiger partial charge is 0.418 e. The van der Waals surface area contributed by atoms with E-state index in [2.05, 4.69) is 10.6 Å². The van der Waals surface area contributed by atoms with Gasteiger partial charge in [-0.05, 0) is 37.6 Å². The van der Waals surface area contributed by atoms with Gasteiger partial charge in [-0.3, -0.25) is 20.2 Å². The fraction of sp³-hybridized carbons (Fsp3) is 0.278. The van der Waals surface area contributed by atoms with E-state index in [9.17, 15) is 28.1 Å². The first-order valence-electron chi connectivity index (χ1n) is 8.17. The number of rotatable bonds is 6. The molecule has 2 atom stereocenters. The van der Waals surface area contributed by atoms with Crippen molar-refractivity contribution < 1.29 is 22.9 Å². The Hall–Kier alpha value is -2.65. The number of nitro benzene ring substituents is 1. The first-order valence-corrected chi connectivity index (χ1v) is 8.55. The molecule has 0 unspecified atom stereocenters. The number of amides is 1. The summed E-state index contributed by atoms with van der Waals surface area (Å²) >= 11 is 5.83. The van der Waals surface area contributed by atoms with E-state index in [-0.39, 0.29) is 6.04 Å². The van der Waals surface area contributed by atoms with Crippen LogP contribution in [0.1, 0.15) is 31.0 Å². The lowest BCUT2D eigenvalue weighted by atomic mass is 10.1. The van der Waals surface area contributed by atoms with Gasteiger partial charge in [-0.2, -0.15) is 13.2 Å². The highest BCUT2D eigenvalue weighted by Gasteiger charge is 2.36. The molecule has 10 heteroatoms. The molecule has 0 saturated heterocycles. The molecule has 2 aromatic rings. The molecule has 150 valence electrons. The summed E-state index contributed by atoms with van der Waals surface area (Å²) in [6.45, 7) is 3.29.